The number of amides is 3. The van der Waals surface area contributed by atoms with E-state index < -0.39 is 53.3 Å². The highest BCUT2D eigenvalue weighted by atomic mass is 19.1. The monoisotopic (exact) mass is 639 g/mol. The molecule has 1 atom stereocenters. The van der Waals surface area contributed by atoms with Gasteiger partial charge in [-0.05, 0) is 37.1 Å². The van der Waals surface area contributed by atoms with Crippen LogP contribution < -0.4 is 25.3 Å². The number of nitrogens with zero attached hydrogens (tertiary/aromatic N) is 4. The molecule has 46 heavy (non-hydrogen) atoms. The Balaban J connectivity index is 1.07. The van der Waals surface area contributed by atoms with Crippen molar-refractivity contribution in [1.29, 1.82) is 0 Å². The smallest absolute Gasteiger partial charge is 0.414 e. The largest absolute Gasteiger partial charge is 0.481 e. The second kappa shape index (κ2) is 12.3. The van der Waals surface area contributed by atoms with E-state index in [0.29, 0.717) is 5.52 Å². The van der Waals surface area contributed by atoms with Crippen molar-refractivity contribution >= 4 is 46.2 Å². The summed E-state index contributed by atoms with van der Waals surface area (Å²) in [5, 5.41) is 12.0. The Kier molecular flexibility index (Phi) is 8.23. The molecule has 3 amide bonds. The Bertz CT molecular complexity index is 1800. The summed E-state index contributed by atoms with van der Waals surface area (Å²) in [4.78, 5) is 65.1. The number of hydrogen-bond donors (Lipinski definition) is 2. The van der Waals surface area contributed by atoms with Crippen molar-refractivity contribution in [3.63, 3.8) is 0 Å². The molecule has 3 heterocycles. The molecule has 0 spiro atoms. The first-order valence-corrected chi connectivity index (χ1v) is 14.8. The molecule has 13 nitrogen and oxygen atoms in total. The van der Waals surface area contributed by atoms with Gasteiger partial charge in [-0.1, -0.05) is 0 Å². The average Bonchev–Trinajstić information content (AvgIpc) is 3.80. The lowest BCUT2D eigenvalue weighted by molar-refractivity contribution is -0.133. The molecule has 0 unspecified atom stereocenters. The van der Waals surface area contributed by atoms with Crippen molar-refractivity contribution in [3.05, 3.63) is 63.9 Å². The van der Waals surface area contributed by atoms with E-state index in [1.54, 1.807) is 15.5 Å². The maximum Gasteiger partial charge on any atom is 0.414 e. The number of ether oxygens (including phenoxy) is 2. The standard InChI is InChI=1S/C31H31F2N5O8/c1-17(39)34-13-20-14-38(31(44)46-20)19-4-5-27(24(33)10-19)45-16-28(40)36-8-6-35(7-9-36)26-12-25-21(11-23(26)32)29(41)22(30(42)43)15-37(25)18-2-3-18/h4-5,10-12,15,18,20H,2-3,6-9,13-14,16H2,1H3,(H,34,39)(H,42,43)/t20-/m0/s1. The van der Waals surface area contributed by atoms with Gasteiger partial charge in [-0.25, -0.2) is 18.4 Å². The van der Waals surface area contributed by atoms with E-state index in [-0.39, 0.29) is 73.7 Å². The van der Waals surface area contributed by atoms with E-state index in [2.05, 4.69) is 5.32 Å². The van der Waals surface area contributed by atoms with Crippen LogP contribution in [0.15, 0.2) is 41.3 Å². The fraction of sp³-hybridized carbons (Fsp3) is 0.387. The molecule has 15 heteroatoms. The van der Waals surface area contributed by atoms with Crippen molar-refractivity contribution in [1.82, 2.24) is 14.8 Å². The van der Waals surface area contributed by atoms with Crippen LogP contribution in [0.2, 0.25) is 0 Å². The van der Waals surface area contributed by atoms with Crippen LogP contribution in [0.25, 0.3) is 10.9 Å². The number of piperazine rings is 1. The van der Waals surface area contributed by atoms with Gasteiger partial charge in [-0.2, -0.15) is 0 Å². The first-order valence-electron chi connectivity index (χ1n) is 14.8. The fourth-order valence-corrected chi connectivity index (χ4v) is 5.71. The lowest BCUT2D eigenvalue weighted by Gasteiger charge is -2.36. The van der Waals surface area contributed by atoms with Gasteiger partial charge in [-0.15, -0.1) is 0 Å². The van der Waals surface area contributed by atoms with E-state index in [1.165, 1.54) is 35.1 Å². The number of pyridine rings is 1. The predicted octanol–water partition coefficient (Wildman–Crippen LogP) is 2.50. The van der Waals surface area contributed by atoms with Crippen molar-refractivity contribution in [2.45, 2.75) is 31.9 Å². The molecule has 2 aromatic carbocycles. The summed E-state index contributed by atoms with van der Waals surface area (Å²) in [6.45, 7) is 2.21. The molecule has 0 radical (unpaired) electrons. The lowest BCUT2D eigenvalue weighted by atomic mass is 10.1. The third-order valence-corrected chi connectivity index (χ3v) is 8.28. The second-order valence-electron chi connectivity index (χ2n) is 11.5. The van der Waals surface area contributed by atoms with Crippen LogP contribution in [0.3, 0.4) is 0 Å². The van der Waals surface area contributed by atoms with Gasteiger partial charge in [0.05, 0.1) is 30.0 Å². The highest BCUT2D eigenvalue weighted by Gasteiger charge is 2.33. The summed E-state index contributed by atoms with van der Waals surface area (Å²) < 4.78 is 42.5. The maximum absolute atomic E-state index is 15.3. The highest BCUT2D eigenvalue weighted by molar-refractivity contribution is 5.94. The number of fused-ring (bicyclic) bond motifs is 1. The van der Waals surface area contributed by atoms with Crippen LogP contribution in [0.5, 0.6) is 5.75 Å². The van der Waals surface area contributed by atoms with Crippen LogP contribution in [0, 0.1) is 11.6 Å². The minimum Gasteiger partial charge on any atom is -0.481 e. The molecule has 2 N–H and O–H groups in total. The topological polar surface area (TPSA) is 151 Å². The lowest BCUT2D eigenvalue weighted by Crippen LogP contribution is -2.50. The molecule has 0 bridgehead atoms. The molecular weight excluding hydrogens is 608 g/mol. The zero-order chi connectivity index (χ0) is 32.7. The molecule has 3 aromatic rings. The number of rotatable bonds is 9. The van der Waals surface area contributed by atoms with E-state index in [0.717, 1.165) is 25.0 Å². The fourth-order valence-electron chi connectivity index (χ4n) is 5.71. The number of halogens is 2. The Morgan fingerprint density at radius 2 is 1.78 bits per heavy atom. The second-order valence-corrected chi connectivity index (χ2v) is 11.5. The van der Waals surface area contributed by atoms with Crippen LogP contribution >= 0.6 is 0 Å². The normalized spacial score (nSPS) is 18.1. The molecular formula is C31H31F2N5O8. The van der Waals surface area contributed by atoms with Gasteiger partial charge >= 0.3 is 12.1 Å². The van der Waals surface area contributed by atoms with Crippen molar-refractivity contribution in [3.8, 4) is 5.75 Å². The maximum atomic E-state index is 15.3. The number of carbonyl (C=O) groups excluding carboxylic acids is 3. The van der Waals surface area contributed by atoms with Gasteiger partial charge in [-0.3, -0.25) is 19.3 Å². The summed E-state index contributed by atoms with van der Waals surface area (Å²) in [5.74, 6) is -3.64. The van der Waals surface area contributed by atoms with Gasteiger partial charge in [0.1, 0.15) is 17.5 Å². The molecule has 1 aliphatic carbocycles. The highest BCUT2D eigenvalue weighted by Crippen LogP contribution is 2.38. The average molecular weight is 640 g/mol. The SMILES string of the molecule is CC(=O)NC[C@H]1CN(c2ccc(OCC(=O)N3CCN(c4cc5c(cc4F)c(=O)c(C(=O)O)cn5C4CC4)CC3)c(F)c2)C(=O)O1. The molecule has 6 rings (SSSR count). The van der Waals surface area contributed by atoms with Crippen molar-refractivity contribution in [2.75, 3.05) is 55.7 Å². The molecule has 2 saturated heterocycles. The van der Waals surface area contributed by atoms with Crippen LogP contribution in [0.4, 0.5) is 25.0 Å². The summed E-state index contributed by atoms with van der Waals surface area (Å²) in [6.07, 6.45) is 1.73. The Morgan fingerprint density at radius 1 is 1.04 bits per heavy atom. The van der Waals surface area contributed by atoms with Gasteiger partial charge in [0, 0.05) is 56.8 Å². The zero-order valence-corrected chi connectivity index (χ0v) is 24.8. The number of nitrogens with one attached hydrogen (secondary N) is 1. The number of aromatic nitrogens is 1. The van der Waals surface area contributed by atoms with E-state index >= 15 is 4.39 Å². The van der Waals surface area contributed by atoms with Crippen molar-refractivity contribution in [2.24, 2.45) is 0 Å². The Labute approximate surface area is 260 Å². The van der Waals surface area contributed by atoms with Gasteiger partial charge in [0.15, 0.2) is 18.2 Å². The van der Waals surface area contributed by atoms with Gasteiger partial charge in [0.25, 0.3) is 5.91 Å². The minimum absolute atomic E-state index is 0.00537. The number of carbonyl (C=O) groups is 4. The zero-order valence-electron chi connectivity index (χ0n) is 24.8. The van der Waals surface area contributed by atoms with E-state index in [4.69, 9.17) is 9.47 Å². The van der Waals surface area contributed by atoms with Crippen LogP contribution in [-0.2, 0) is 14.3 Å². The van der Waals surface area contributed by atoms with E-state index in [1.807, 2.05) is 0 Å². The molecule has 2 aliphatic heterocycles. The van der Waals surface area contributed by atoms with Gasteiger partial charge in [0.2, 0.25) is 11.3 Å². The summed E-state index contributed by atoms with van der Waals surface area (Å²) in [6, 6.07) is 6.57. The number of carboxylic acids is 1. The first kappa shape index (κ1) is 30.8. The summed E-state index contributed by atoms with van der Waals surface area (Å²) in [7, 11) is 0. The predicted molar refractivity (Wildman–Crippen MR) is 160 cm³/mol. The third-order valence-electron chi connectivity index (χ3n) is 8.28. The number of aromatic carboxylic acids is 1. The van der Waals surface area contributed by atoms with Crippen LogP contribution in [-0.4, -0.2) is 90.4 Å². The minimum atomic E-state index is -1.36. The molecule has 3 fully saturated rings. The number of benzene rings is 2. The Morgan fingerprint density at radius 3 is 2.43 bits per heavy atom. The molecule has 1 aromatic heterocycles. The van der Waals surface area contributed by atoms with Crippen LogP contribution in [0.1, 0.15) is 36.2 Å². The number of anilines is 2. The number of hydrogen-bond acceptors (Lipinski definition) is 8. The number of cyclic esters (lactones) is 1. The van der Waals surface area contributed by atoms with E-state index in [9.17, 15) is 33.5 Å². The first-order chi connectivity index (χ1) is 22.0. The quantitative estimate of drug-likeness (QED) is 0.360. The van der Waals surface area contributed by atoms with Gasteiger partial charge < -0.3 is 34.3 Å². The molecule has 3 aliphatic rings. The summed E-state index contributed by atoms with van der Waals surface area (Å²) >= 11 is 0. The third kappa shape index (κ3) is 6.17. The van der Waals surface area contributed by atoms with Crippen molar-refractivity contribution < 1.29 is 42.5 Å². The Hall–Kier alpha value is -5.21. The number of carboxylic acid groups (broad SMARTS) is 1. The molecule has 1 saturated carbocycles. The molecule has 242 valence electrons. The summed E-state index contributed by atoms with van der Waals surface area (Å²) in [5.41, 5.74) is -0.197.